The van der Waals surface area contributed by atoms with E-state index >= 15 is 0 Å². The summed E-state index contributed by atoms with van der Waals surface area (Å²) < 4.78 is 0.834. The van der Waals surface area contributed by atoms with Crippen molar-refractivity contribution >= 4 is 27.3 Å². The lowest BCUT2D eigenvalue weighted by Gasteiger charge is -2.20. The second-order valence-corrected chi connectivity index (χ2v) is 6.13. The Morgan fingerprint density at radius 3 is 3.00 bits per heavy atom. The van der Waals surface area contributed by atoms with Gasteiger partial charge in [0.05, 0.1) is 0 Å². The molecule has 1 N–H and O–H groups in total. The quantitative estimate of drug-likeness (QED) is 0.904. The molecule has 2 fully saturated rings. The number of thiazole rings is 1. The Morgan fingerprint density at radius 2 is 2.40 bits per heavy atom. The number of halogens is 1. The largest absolute Gasteiger partial charge is 0.381 e. The van der Waals surface area contributed by atoms with Gasteiger partial charge in [0, 0.05) is 24.5 Å². The molecule has 15 heavy (non-hydrogen) atoms. The van der Waals surface area contributed by atoms with E-state index in [4.69, 9.17) is 0 Å². The molecule has 82 valence electrons. The first-order valence-corrected chi connectivity index (χ1v) is 6.93. The molecule has 1 aliphatic carbocycles. The third-order valence-corrected chi connectivity index (χ3v) is 4.96. The van der Waals surface area contributed by atoms with Gasteiger partial charge in [-0.3, -0.25) is 4.90 Å². The summed E-state index contributed by atoms with van der Waals surface area (Å²) in [4.78, 5) is 6.74. The average molecular weight is 289 g/mol. The van der Waals surface area contributed by atoms with Gasteiger partial charge < -0.3 is 5.11 Å². The first-order chi connectivity index (χ1) is 7.17. The van der Waals surface area contributed by atoms with Crippen molar-refractivity contribution in [2.75, 3.05) is 13.1 Å². The molecule has 3 rings (SSSR count). The maximum absolute atomic E-state index is 10.5. The van der Waals surface area contributed by atoms with Crippen LogP contribution in [0.5, 0.6) is 0 Å². The molecular weight excluding hydrogens is 276 g/mol. The maximum Gasteiger partial charge on any atom is 0.130 e. The minimum absolute atomic E-state index is 0.695. The van der Waals surface area contributed by atoms with Crippen molar-refractivity contribution in [1.82, 2.24) is 9.88 Å². The van der Waals surface area contributed by atoms with E-state index in [1.54, 1.807) is 11.3 Å². The molecular formula is C10H13BrN2OS. The minimum Gasteiger partial charge on any atom is -0.381 e. The second kappa shape index (κ2) is 3.52. The van der Waals surface area contributed by atoms with E-state index in [9.17, 15) is 5.11 Å². The Kier molecular flexibility index (Phi) is 2.39. The normalized spacial score (nSPS) is 32.4. The highest BCUT2D eigenvalue weighted by molar-refractivity contribution is 9.10. The van der Waals surface area contributed by atoms with Crippen LogP contribution in [0, 0.1) is 0 Å². The van der Waals surface area contributed by atoms with Crippen molar-refractivity contribution in [3.05, 3.63) is 15.0 Å². The van der Waals surface area contributed by atoms with Crippen LogP contribution in [-0.4, -0.2) is 34.1 Å². The van der Waals surface area contributed by atoms with Crippen LogP contribution in [0.4, 0.5) is 0 Å². The van der Waals surface area contributed by atoms with Crippen LogP contribution in [-0.2, 0) is 5.60 Å². The van der Waals surface area contributed by atoms with Gasteiger partial charge in [0.1, 0.15) is 15.2 Å². The van der Waals surface area contributed by atoms with Gasteiger partial charge in [-0.2, -0.15) is 0 Å². The van der Waals surface area contributed by atoms with Gasteiger partial charge in [-0.15, -0.1) is 11.3 Å². The van der Waals surface area contributed by atoms with Crippen LogP contribution in [0.3, 0.4) is 0 Å². The number of aromatic nitrogens is 1. The van der Waals surface area contributed by atoms with E-state index in [2.05, 4.69) is 25.8 Å². The summed E-state index contributed by atoms with van der Waals surface area (Å²) in [5, 5.41) is 13.3. The fraction of sp³-hybridized carbons (Fsp3) is 0.700. The first kappa shape index (κ1) is 10.2. The predicted molar refractivity (Wildman–Crippen MR) is 62.9 cm³/mol. The van der Waals surface area contributed by atoms with Gasteiger partial charge in [-0.05, 0) is 35.2 Å². The number of β-amino-alcohol motifs (C(OH)–C–C–N with tert-alkyl or cyclic N) is 1. The molecule has 0 aromatic carbocycles. The zero-order chi connectivity index (χ0) is 10.5. The van der Waals surface area contributed by atoms with Crippen LogP contribution in [0.1, 0.15) is 24.3 Å². The van der Waals surface area contributed by atoms with Crippen LogP contribution in [0.2, 0.25) is 0 Å². The molecule has 0 bridgehead atoms. The number of hydrogen-bond acceptors (Lipinski definition) is 4. The summed E-state index contributed by atoms with van der Waals surface area (Å²) in [5.41, 5.74) is -0.695. The summed E-state index contributed by atoms with van der Waals surface area (Å²) in [7, 11) is 0. The summed E-state index contributed by atoms with van der Waals surface area (Å²) in [5.74, 6) is 0. The zero-order valence-electron chi connectivity index (χ0n) is 8.32. The lowest BCUT2D eigenvalue weighted by molar-refractivity contribution is 0.0448. The maximum atomic E-state index is 10.5. The van der Waals surface area contributed by atoms with Crippen molar-refractivity contribution in [1.29, 1.82) is 0 Å². The molecule has 5 heteroatoms. The third kappa shape index (κ3) is 1.86. The van der Waals surface area contributed by atoms with Gasteiger partial charge in [0.2, 0.25) is 0 Å². The molecule has 1 aromatic heterocycles. The van der Waals surface area contributed by atoms with Gasteiger partial charge in [-0.25, -0.2) is 4.98 Å². The molecule has 2 aliphatic rings. The predicted octanol–water partition coefficient (Wildman–Crippen LogP) is 1.96. The highest BCUT2D eigenvalue weighted by atomic mass is 79.9. The van der Waals surface area contributed by atoms with E-state index in [1.165, 1.54) is 12.8 Å². The summed E-state index contributed by atoms with van der Waals surface area (Å²) in [6.07, 6.45) is 3.43. The Hall–Kier alpha value is 0.0300. The van der Waals surface area contributed by atoms with Crippen molar-refractivity contribution < 1.29 is 5.11 Å². The number of nitrogens with zero attached hydrogens (tertiary/aromatic N) is 2. The highest BCUT2D eigenvalue weighted by Crippen LogP contribution is 2.39. The lowest BCUT2D eigenvalue weighted by Crippen LogP contribution is -2.31. The summed E-state index contributed by atoms with van der Waals surface area (Å²) in [6, 6.07) is 0.738. The van der Waals surface area contributed by atoms with E-state index in [0.717, 1.165) is 35.2 Å². The van der Waals surface area contributed by atoms with E-state index in [0.29, 0.717) is 0 Å². The van der Waals surface area contributed by atoms with E-state index in [1.807, 2.05) is 5.38 Å². The smallest absolute Gasteiger partial charge is 0.130 e. The van der Waals surface area contributed by atoms with Crippen molar-refractivity contribution in [3.8, 4) is 0 Å². The van der Waals surface area contributed by atoms with Crippen molar-refractivity contribution in [2.45, 2.75) is 30.9 Å². The van der Waals surface area contributed by atoms with E-state index < -0.39 is 5.60 Å². The number of hydrogen-bond donors (Lipinski definition) is 1. The lowest BCUT2D eigenvalue weighted by atomic mass is 10.1. The highest BCUT2D eigenvalue weighted by Gasteiger charge is 2.44. The number of rotatable bonds is 2. The molecule has 1 saturated heterocycles. The topological polar surface area (TPSA) is 36.4 Å². The van der Waals surface area contributed by atoms with Crippen LogP contribution in [0.15, 0.2) is 9.98 Å². The molecule has 0 spiro atoms. The SMILES string of the molecule is OC1(c2nc(Br)cs2)CCN(C2CC2)C1. The molecule has 1 aliphatic heterocycles. The summed E-state index contributed by atoms with van der Waals surface area (Å²) in [6.45, 7) is 1.77. The summed E-state index contributed by atoms with van der Waals surface area (Å²) >= 11 is 4.88. The molecule has 2 heterocycles. The van der Waals surface area contributed by atoms with Gasteiger partial charge in [0.25, 0.3) is 0 Å². The van der Waals surface area contributed by atoms with Gasteiger partial charge in [0.15, 0.2) is 0 Å². The van der Waals surface area contributed by atoms with Crippen molar-refractivity contribution in [3.63, 3.8) is 0 Å². The number of aliphatic hydroxyl groups is 1. The Balaban J connectivity index is 1.79. The molecule has 1 aromatic rings. The molecule has 0 radical (unpaired) electrons. The second-order valence-electron chi connectivity index (χ2n) is 4.46. The molecule has 1 unspecified atom stereocenters. The van der Waals surface area contributed by atoms with Crippen molar-refractivity contribution in [2.24, 2.45) is 0 Å². The Morgan fingerprint density at radius 1 is 1.60 bits per heavy atom. The fourth-order valence-electron chi connectivity index (χ4n) is 2.22. The standard InChI is InChI=1S/C10H13BrN2OS/c11-8-5-15-9(12-8)10(14)3-4-13(6-10)7-1-2-7/h5,7,14H,1-4,6H2. The van der Waals surface area contributed by atoms with E-state index in [-0.39, 0.29) is 0 Å². The average Bonchev–Trinajstić information content (AvgIpc) is 2.84. The van der Waals surface area contributed by atoms with Crippen LogP contribution >= 0.6 is 27.3 Å². The monoisotopic (exact) mass is 288 g/mol. The Bertz CT molecular complexity index is 379. The molecule has 1 saturated carbocycles. The molecule has 1 atom stereocenters. The minimum atomic E-state index is -0.695. The Labute approximate surface area is 101 Å². The number of likely N-dealkylation sites (tertiary alicyclic amines) is 1. The van der Waals surface area contributed by atoms with Gasteiger partial charge in [-0.1, -0.05) is 0 Å². The van der Waals surface area contributed by atoms with Crippen LogP contribution in [0.25, 0.3) is 0 Å². The first-order valence-electron chi connectivity index (χ1n) is 5.25. The van der Waals surface area contributed by atoms with Gasteiger partial charge >= 0.3 is 0 Å². The third-order valence-electron chi connectivity index (χ3n) is 3.21. The molecule has 3 nitrogen and oxygen atoms in total. The van der Waals surface area contributed by atoms with Crippen LogP contribution < -0.4 is 0 Å². The molecule has 0 amide bonds. The fourth-order valence-corrected chi connectivity index (χ4v) is 3.59. The zero-order valence-corrected chi connectivity index (χ0v) is 10.7.